The monoisotopic (exact) mass is 221 g/mol. The van der Waals surface area contributed by atoms with Crippen LogP contribution in [0.1, 0.15) is 32.9 Å². The van der Waals surface area contributed by atoms with E-state index in [1.807, 2.05) is 19.2 Å². The summed E-state index contributed by atoms with van der Waals surface area (Å²) in [4.78, 5) is 4.47. The molecular formula is C13H23N3. The highest BCUT2D eigenvalue weighted by Crippen LogP contribution is 2.20. The highest BCUT2D eigenvalue weighted by molar-refractivity contribution is 5.29. The van der Waals surface area contributed by atoms with Gasteiger partial charge in [-0.3, -0.25) is 0 Å². The van der Waals surface area contributed by atoms with E-state index in [-0.39, 0.29) is 0 Å². The summed E-state index contributed by atoms with van der Waals surface area (Å²) in [6.45, 7) is 14.2. The van der Waals surface area contributed by atoms with E-state index in [2.05, 4.69) is 42.2 Å². The highest BCUT2D eigenvalue weighted by atomic mass is 15.2. The lowest BCUT2D eigenvalue weighted by molar-refractivity contribution is 0.375. The number of imidazole rings is 1. The Morgan fingerprint density at radius 1 is 1.56 bits per heavy atom. The van der Waals surface area contributed by atoms with Crippen LogP contribution in [0, 0.1) is 12.3 Å². The summed E-state index contributed by atoms with van der Waals surface area (Å²) in [6.07, 6.45) is 5.08. The Morgan fingerprint density at radius 2 is 2.25 bits per heavy atom. The molecule has 0 saturated carbocycles. The third kappa shape index (κ3) is 3.40. The Labute approximate surface area is 98.6 Å². The number of hydrogen-bond donors (Lipinski definition) is 1. The van der Waals surface area contributed by atoms with Gasteiger partial charge >= 0.3 is 0 Å². The molecule has 0 fully saturated rings. The van der Waals surface area contributed by atoms with E-state index < -0.39 is 0 Å². The second-order valence-electron chi connectivity index (χ2n) is 5.02. The van der Waals surface area contributed by atoms with Crippen LogP contribution < -0.4 is 5.32 Å². The summed E-state index contributed by atoms with van der Waals surface area (Å²) in [5, 5.41) is 3.41. The molecule has 3 nitrogen and oxygen atoms in total. The second kappa shape index (κ2) is 5.19. The number of rotatable bonds is 6. The SMILES string of the molecule is C=CCn1cc(C)nc1NCC(C)(C)CC. The minimum absolute atomic E-state index is 0.304. The molecule has 0 unspecified atom stereocenters. The van der Waals surface area contributed by atoms with Crippen LogP contribution in [0.3, 0.4) is 0 Å². The van der Waals surface area contributed by atoms with Gasteiger partial charge in [-0.15, -0.1) is 6.58 Å². The summed E-state index contributed by atoms with van der Waals surface area (Å²) in [5.41, 5.74) is 1.34. The van der Waals surface area contributed by atoms with Gasteiger partial charge in [0.15, 0.2) is 0 Å². The molecule has 0 radical (unpaired) electrons. The maximum atomic E-state index is 4.47. The maximum absolute atomic E-state index is 4.47. The molecule has 1 rings (SSSR count). The van der Waals surface area contributed by atoms with Crippen LogP contribution in [0.15, 0.2) is 18.9 Å². The third-order valence-corrected chi connectivity index (χ3v) is 2.90. The van der Waals surface area contributed by atoms with Crippen molar-refractivity contribution in [3.05, 3.63) is 24.5 Å². The van der Waals surface area contributed by atoms with Crippen molar-refractivity contribution in [1.82, 2.24) is 9.55 Å². The van der Waals surface area contributed by atoms with Gasteiger partial charge in [0.2, 0.25) is 5.95 Å². The van der Waals surface area contributed by atoms with Gasteiger partial charge in [-0.1, -0.05) is 26.8 Å². The first-order chi connectivity index (χ1) is 7.48. The van der Waals surface area contributed by atoms with Crippen molar-refractivity contribution in [2.24, 2.45) is 5.41 Å². The highest BCUT2D eigenvalue weighted by Gasteiger charge is 2.15. The summed E-state index contributed by atoms with van der Waals surface area (Å²) >= 11 is 0. The molecule has 3 heteroatoms. The molecule has 1 heterocycles. The van der Waals surface area contributed by atoms with Crippen molar-refractivity contribution in [2.45, 2.75) is 40.7 Å². The van der Waals surface area contributed by atoms with E-state index in [0.29, 0.717) is 5.41 Å². The number of hydrogen-bond acceptors (Lipinski definition) is 2. The first-order valence-corrected chi connectivity index (χ1v) is 5.87. The van der Waals surface area contributed by atoms with Crippen molar-refractivity contribution < 1.29 is 0 Å². The zero-order valence-electron chi connectivity index (χ0n) is 10.9. The fraction of sp³-hybridized carbons (Fsp3) is 0.615. The van der Waals surface area contributed by atoms with Gasteiger partial charge in [-0.25, -0.2) is 4.98 Å². The van der Waals surface area contributed by atoms with E-state index in [9.17, 15) is 0 Å². The number of aromatic nitrogens is 2. The Kier molecular flexibility index (Phi) is 4.16. The Hall–Kier alpha value is -1.25. The molecule has 0 aliphatic heterocycles. The summed E-state index contributed by atoms with van der Waals surface area (Å²) in [6, 6.07) is 0. The van der Waals surface area contributed by atoms with Crippen molar-refractivity contribution in [1.29, 1.82) is 0 Å². The number of anilines is 1. The Balaban J connectivity index is 2.69. The zero-order valence-corrected chi connectivity index (χ0v) is 10.9. The van der Waals surface area contributed by atoms with Crippen LogP contribution in [-0.2, 0) is 6.54 Å². The van der Waals surface area contributed by atoms with Crippen LogP contribution in [0.4, 0.5) is 5.95 Å². The van der Waals surface area contributed by atoms with Crippen molar-refractivity contribution >= 4 is 5.95 Å². The molecule has 90 valence electrons. The standard InChI is InChI=1S/C13H23N3/c1-6-8-16-9-11(3)15-12(16)14-10-13(4,5)7-2/h6,9H,1,7-8,10H2,2-5H3,(H,14,15). The number of allylic oxidation sites excluding steroid dienone is 1. The fourth-order valence-corrected chi connectivity index (χ4v) is 1.41. The number of aryl methyl sites for hydroxylation is 1. The average Bonchev–Trinajstić information content (AvgIpc) is 2.57. The molecular weight excluding hydrogens is 198 g/mol. The van der Waals surface area contributed by atoms with Gasteiger partial charge in [0.05, 0.1) is 5.69 Å². The fourth-order valence-electron chi connectivity index (χ4n) is 1.41. The molecule has 0 aliphatic rings. The summed E-state index contributed by atoms with van der Waals surface area (Å²) < 4.78 is 2.09. The molecule has 0 amide bonds. The number of nitrogens with zero attached hydrogens (tertiary/aromatic N) is 2. The minimum Gasteiger partial charge on any atom is -0.355 e. The Morgan fingerprint density at radius 3 is 2.81 bits per heavy atom. The van der Waals surface area contributed by atoms with E-state index in [1.54, 1.807) is 0 Å². The van der Waals surface area contributed by atoms with Crippen LogP contribution in [0.5, 0.6) is 0 Å². The largest absolute Gasteiger partial charge is 0.355 e. The smallest absolute Gasteiger partial charge is 0.203 e. The van der Waals surface area contributed by atoms with Crippen molar-refractivity contribution in [3.8, 4) is 0 Å². The lowest BCUT2D eigenvalue weighted by atomic mass is 9.90. The molecule has 0 atom stereocenters. The maximum Gasteiger partial charge on any atom is 0.203 e. The lowest BCUT2D eigenvalue weighted by Gasteiger charge is -2.23. The zero-order chi connectivity index (χ0) is 12.2. The first kappa shape index (κ1) is 12.8. The number of nitrogens with one attached hydrogen (secondary N) is 1. The van der Waals surface area contributed by atoms with Crippen molar-refractivity contribution in [3.63, 3.8) is 0 Å². The molecule has 1 N–H and O–H groups in total. The summed E-state index contributed by atoms with van der Waals surface area (Å²) in [7, 11) is 0. The average molecular weight is 221 g/mol. The molecule has 0 spiro atoms. The van der Waals surface area contributed by atoms with Crippen molar-refractivity contribution in [2.75, 3.05) is 11.9 Å². The molecule has 16 heavy (non-hydrogen) atoms. The third-order valence-electron chi connectivity index (χ3n) is 2.90. The summed E-state index contributed by atoms with van der Waals surface area (Å²) in [5.74, 6) is 0.943. The Bertz CT molecular complexity index is 350. The van der Waals surface area contributed by atoms with Gasteiger partial charge in [0.25, 0.3) is 0 Å². The van der Waals surface area contributed by atoms with Gasteiger partial charge in [-0.05, 0) is 18.8 Å². The minimum atomic E-state index is 0.304. The second-order valence-corrected chi connectivity index (χ2v) is 5.02. The predicted molar refractivity (Wildman–Crippen MR) is 69.7 cm³/mol. The molecule has 1 aromatic heterocycles. The normalized spacial score (nSPS) is 11.5. The van der Waals surface area contributed by atoms with Gasteiger partial charge in [-0.2, -0.15) is 0 Å². The van der Waals surface area contributed by atoms with Gasteiger partial charge < -0.3 is 9.88 Å². The first-order valence-electron chi connectivity index (χ1n) is 5.87. The lowest BCUT2D eigenvalue weighted by Crippen LogP contribution is -2.23. The van der Waals surface area contributed by atoms with Crippen LogP contribution in [0.25, 0.3) is 0 Å². The van der Waals surface area contributed by atoms with Crippen LogP contribution in [0.2, 0.25) is 0 Å². The van der Waals surface area contributed by atoms with Crippen LogP contribution >= 0.6 is 0 Å². The molecule has 1 aromatic rings. The van der Waals surface area contributed by atoms with E-state index >= 15 is 0 Å². The molecule has 0 aliphatic carbocycles. The van der Waals surface area contributed by atoms with Crippen LogP contribution in [-0.4, -0.2) is 16.1 Å². The topological polar surface area (TPSA) is 29.9 Å². The predicted octanol–water partition coefficient (Wildman–Crippen LogP) is 3.23. The van der Waals surface area contributed by atoms with E-state index in [0.717, 1.165) is 31.2 Å². The van der Waals surface area contributed by atoms with E-state index in [1.165, 1.54) is 0 Å². The molecule has 0 saturated heterocycles. The van der Waals surface area contributed by atoms with Gasteiger partial charge in [0, 0.05) is 19.3 Å². The van der Waals surface area contributed by atoms with Gasteiger partial charge in [0.1, 0.15) is 0 Å². The quantitative estimate of drug-likeness (QED) is 0.747. The molecule has 0 aromatic carbocycles. The molecule has 0 bridgehead atoms. The van der Waals surface area contributed by atoms with E-state index in [4.69, 9.17) is 0 Å².